The Labute approximate surface area is 114 Å². The lowest BCUT2D eigenvalue weighted by Gasteiger charge is -2.23. The molecule has 3 nitrogen and oxygen atoms in total. The molecule has 0 fully saturated rings. The summed E-state index contributed by atoms with van der Waals surface area (Å²) in [6.45, 7) is 12.9. The molecular formula is C15H31N3. The van der Waals surface area contributed by atoms with Crippen molar-refractivity contribution in [1.29, 1.82) is 0 Å². The number of rotatable bonds is 6. The Hall–Kier alpha value is -0.990. The zero-order chi connectivity index (χ0) is 14.3. The highest BCUT2D eigenvalue weighted by Crippen LogP contribution is 2.04. The number of likely N-dealkylation sites (N-methyl/N-ethyl adjacent to an activating group) is 1. The maximum absolute atomic E-state index is 4.74. The number of hydrogen-bond donors (Lipinski definition) is 0. The SMILES string of the molecule is C/C(=C\C(=NCC(C)C)N(C)CC(C)C)N(C)C. The Morgan fingerprint density at radius 2 is 1.61 bits per heavy atom. The van der Waals surface area contributed by atoms with E-state index in [1.165, 1.54) is 5.70 Å². The van der Waals surface area contributed by atoms with Crippen molar-refractivity contribution >= 4 is 5.84 Å². The molecule has 0 bridgehead atoms. The maximum atomic E-state index is 4.74. The summed E-state index contributed by atoms with van der Waals surface area (Å²) in [5.41, 5.74) is 1.23. The minimum absolute atomic E-state index is 0.598. The van der Waals surface area contributed by atoms with Gasteiger partial charge in [-0.15, -0.1) is 0 Å². The fourth-order valence-electron chi connectivity index (χ4n) is 1.51. The average Bonchev–Trinajstić information content (AvgIpc) is 2.21. The summed E-state index contributed by atoms with van der Waals surface area (Å²) in [4.78, 5) is 9.11. The van der Waals surface area contributed by atoms with E-state index in [-0.39, 0.29) is 0 Å². The van der Waals surface area contributed by atoms with Crippen molar-refractivity contribution < 1.29 is 0 Å². The summed E-state index contributed by atoms with van der Waals surface area (Å²) >= 11 is 0. The second-order valence-electron chi connectivity index (χ2n) is 6.05. The van der Waals surface area contributed by atoms with E-state index in [2.05, 4.69) is 71.6 Å². The summed E-state index contributed by atoms with van der Waals surface area (Å²) in [6, 6.07) is 0. The van der Waals surface area contributed by atoms with Gasteiger partial charge in [0, 0.05) is 39.9 Å². The predicted octanol–water partition coefficient (Wildman–Crippen LogP) is 3.09. The zero-order valence-electron chi connectivity index (χ0n) is 13.5. The van der Waals surface area contributed by atoms with Gasteiger partial charge in [-0.3, -0.25) is 4.99 Å². The molecule has 0 radical (unpaired) electrons. The van der Waals surface area contributed by atoms with Crippen LogP contribution in [0.2, 0.25) is 0 Å². The van der Waals surface area contributed by atoms with Gasteiger partial charge in [0.2, 0.25) is 0 Å². The molecule has 18 heavy (non-hydrogen) atoms. The van der Waals surface area contributed by atoms with Gasteiger partial charge < -0.3 is 9.80 Å². The zero-order valence-corrected chi connectivity index (χ0v) is 13.5. The van der Waals surface area contributed by atoms with Crippen molar-refractivity contribution in [2.24, 2.45) is 16.8 Å². The third kappa shape index (κ3) is 7.36. The van der Waals surface area contributed by atoms with Gasteiger partial charge in [-0.1, -0.05) is 27.7 Å². The van der Waals surface area contributed by atoms with Gasteiger partial charge in [0.05, 0.1) is 0 Å². The Balaban J connectivity index is 4.93. The minimum atomic E-state index is 0.598. The van der Waals surface area contributed by atoms with Gasteiger partial charge in [-0.2, -0.15) is 0 Å². The molecule has 0 heterocycles. The molecule has 0 unspecified atom stereocenters. The first-order valence-electron chi connectivity index (χ1n) is 6.85. The van der Waals surface area contributed by atoms with E-state index in [1.807, 2.05) is 0 Å². The molecular weight excluding hydrogens is 222 g/mol. The van der Waals surface area contributed by atoms with E-state index >= 15 is 0 Å². The van der Waals surface area contributed by atoms with Gasteiger partial charge in [-0.05, 0) is 24.8 Å². The van der Waals surface area contributed by atoms with Gasteiger partial charge >= 0.3 is 0 Å². The summed E-state index contributed by atoms with van der Waals surface area (Å²) in [7, 11) is 6.25. The van der Waals surface area contributed by atoms with Crippen molar-refractivity contribution in [2.75, 3.05) is 34.2 Å². The Morgan fingerprint density at radius 3 is 2.00 bits per heavy atom. The highest BCUT2D eigenvalue weighted by atomic mass is 15.2. The number of hydrogen-bond acceptors (Lipinski definition) is 2. The molecule has 0 aromatic rings. The lowest BCUT2D eigenvalue weighted by atomic mass is 10.2. The molecule has 0 atom stereocenters. The quantitative estimate of drug-likeness (QED) is 0.535. The average molecular weight is 253 g/mol. The van der Waals surface area contributed by atoms with Crippen LogP contribution < -0.4 is 0 Å². The second kappa shape index (κ2) is 8.17. The molecule has 0 aromatic carbocycles. The van der Waals surface area contributed by atoms with Crippen molar-refractivity contribution in [3.8, 4) is 0 Å². The van der Waals surface area contributed by atoms with Crippen LogP contribution in [0.15, 0.2) is 16.8 Å². The van der Waals surface area contributed by atoms with Crippen molar-refractivity contribution in [3.05, 3.63) is 11.8 Å². The predicted molar refractivity (Wildman–Crippen MR) is 82.1 cm³/mol. The highest BCUT2D eigenvalue weighted by Gasteiger charge is 2.07. The molecule has 0 spiro atoms. The molecule has 0 saturated carbocycles. The fourth-order valence-corrected chi connectivity index (χ4v) is 1.51. The van der Waals surface area contributed by atoms with Crippen LogP contribution in [0.5, 0.6) is 0 Å². The monoisotopic (exact) mass is 253 g/mol. The van der Waals surface area contributed by atoms with E-state index < -0.39 is 0 Å². The van der Waals surface area contributed by atoms with Crippen molar-refractivity contribution in [3.63, 3.8) is 0 Å². The summed E-state index contributed by atoms with van der Waals surface area (Å²) in [5.74, 6) is 2.33. The van der Waals surface area contributed by atoms with Crippen LogP contribution in [0, 0.1) is 11.8 Å². The topological polar surface area (TPSA) is 18.8 Å². The molecule has 0 amide bonds. The number of aliphatic imine (C=N–C) groups is 1. The third-order valence-corrected chi connectivity index (χ3v) is 2.69. The molecule has 0 aliphatic rings. The van der Waals surface area contributed by atoms with Crippen LogP contribution >= 0.6 is 0 Å². The first kappa shape index (κ1) is 17.0. The molecule has 106 valence electrons. The van der Waals surface area contributed by atoms with E-state index in [0.29, 0.717) is 11.8 Å². The van der Waals surface area contributed by atoms with Crippen molar-refractivity contribution in [2.45, 2.75) is 34.6 Å². The van der Waals surface area contributed by atoms with Gasteiger partial charge in [0.1, 0.15) is 5.84 Å². The smallest absolute Gasteiger partial charge is 0.124 e. The van der Waals surface area contributed by atoms with E-state index in [0.717, 1.165) is 18.9 Å². The van der Waals surface area contributed by atoms with Gasteiger partial charge in [0.15, 0.2) is 0 Å². The standard InChI is InChI=1S/C15H31N3/c1-12(2)10-16-15(9-14(5)17(6)7)18(8)11-13(3)4/h9,12-13H,10-11H2,1-8H3/b14-9+,16-15?. The fraction of sp³-hybridized carbons (Fsp3) is 0.800. The van der Waals surface area contributed by atoms with Crippen LogP contribution in [-0.4, -0.2) is 49.9 Å². The Kier molecular flexibility index (Phi) is 7.72. The van der Waals surface area contributed by atoms with E-state index in [1.54, 1.807) is 0 Å². The third-order valence-electron chi connectivity index (χ3n) is 2.69. The molecule has 0 rings (SSSR count). The van der Waals surface area contributed by atoms with Crippen LogP contribution in [0.3, 0.4) is 0 Å². The molecule has 0 N–H and O–H groups in total. The maximum Gasteiger partial charge on any atom is 0.124 e. The van der Waals surface area contributed by atoms with Gasteiger partial charge in [-0.25, -0.2) is 0 Å². The second-order valence-corrected chi connectivity index (χ2v) is 6.05. The first-order valence-corrected chi connectivity index (χ1v) is 6.85. The molecule has 3 heteroatoms. The molecule has 0 aliphatic heterocycles. The highest BCUT2D eigenvalue weighted by molar-refractivity contribution is 5.93. The van der Waals surface area contributed by atoms with Crippen LogP contribution in [-0.2, 0) is 0 Å². The Morgan fingerprint density at radius 1 is 1.06 bits per heavy atom. The number of allylic oxidation sites excluding steroid dienone is 1. The normalized spacial score (nSPS) is 13.4. The van der Waals surface area contributed by atoms with Gasteiger partial charge in [0.25, 0.3) is 0 Å². The van der Waals surface area contributed by atoms with E-state index in [4.69, 9.17) is 4.99 Å². The van der Waals surface area contributed by atoms with Crippen LogP contribution in [0.25, 0.3) is 0 Å². The summed E-state index contributed by atoms with van der Waals surface area (Å²) in [6.07, 6.45) is 2.17. The molecule has 0 aromatic heterocycles. The summed E-state index contributed by atoms with van der Waals surface area (Å²) in [5, 5.41) is 0. The van der Waals surface area contributed by atoms with E-state index in [9.17, 15) is 0 Å². The molecule has 0 saturated heterocycles. The van der Waals surface area contributed by atoms with Crippen LogP contribution in [0.1, 0.15) is 34.6 Å². The van der Waals surface area contributed by atoms with Crippen LogP contribution in [0.4, 0.5) is 0 Å². The summed E-state index contributed by atoms with van der Waals surface area (Å²) < 4.78 is 0. The minimum Gasteiger partial charge on any atom is -0.381 e. The lowest BCUT2D eigenvalue weighted by Crippen LogP contribution is -2.30. The molecule has 0 aliphatic carbocycles. The first-order chi connectivity index (χ1) is 8.23. The van der Waals surface area contributed by atoms with Crippen molar-refractivity contribution in [1.82, 2.24) is 9.80 Å². The number of nitrogens with zero attached hydrogens (tertiary/aromatic N) is 3. The number of amidine groups is 1. The Bertz CT molecular complexity index is 288. The lowest BCUT2D eigenvalue weighted by molar-refractivity contribution is 0.423. The largest absolute Gasteiger partial charge is 0.381 e.